The summed E-state index contributed by atoms with van der Waals surface area (Å²) in [5.41, 5.74) is -1.23. The van der Waals surface area contributed by atoms with Gasteiger partial charge >= 0.3 is 0 Å². The highest BCUT2D eigenvalue weighted by Crippen LogP contribution is 2.38. The van der Waals surface area contributed by atoms with E-state index < -0.39 is 31.9 Å². The molecule has 7 heteroatoms. The first-order valence-corrected chi connectivity index (χ1v) is 15.6. The van der Waals surface area contributed by atoms with E-state index in [1.165, 1.54) is 0 Å². The second kappa shape index (κ2) is 12.6. The van der Waals surface area contributed by atoms with Crippen molar-refractivity contribution >= 4 is 8.32 Å². The zero-order chi connectivity index (χ0) is 25.5. The van der Waals surface area contributed by atoms with Gasteiger partial charge in [-0.3, -0.25) is 0 Å². The molecule has 1 aliphatic rings. The third kappa shape index (κ3) is 10.9. The van der Waals surface area contributed by atoms with Crippen molar-refractivity contribution in [2.24, 2.45) is 0 Å². The largest absolute Gasteiger partial charge is 0.414 e. The second-order valence-electron chi connectivity index (χ2n) is 12.0. The van der Waals surface area contributed by atoms with Crippen molar-refractivity contribution in [3.8, 4) is 0 Å². The standard InChI is InChI=1S/C26H52O6Si/c1-10-12-21(32-33(8,9)24(2,3)4)17-18-26(7,29)23(28)16-15-20(27)13-11-14-22-19-30-25(5,6)31-22/h10,20-23,27-29H,1,11-19H2,2-9H3/t20?,21-,22-,23-,26-/m0/s1. The first-order valence-electron chi connectivity index (χ1n) is 12.7. The zero-order valence-electron chi connectivity index (χ0n) is 22.5. The smallest absolute Gasteiger partial charge is 0.192 e. The van der Waals surface area contributed by atoms with Crippen molar-refractivity contribution < 1.29 is 29.2 Å². The summed E-state index contributed by atoms with van der Waals surface area (Å²) in [5.74, 6) is -0.515. The van der Waals surface area contributed by atoms with Gasteiger partial charge in [0.1, 0.15) is 0 Å². The molecule has 0 amide bonds. The van der Waals surface area contributed by atoms with Gasteiger partial charge in [0.2, 0.25) is 0 Å². The van der Waals surface area contributed by atoms with Crippen molar-refractivity contribution in [3.05, 3.63) is 12.7 Å². The fourth-order valence-corrected chi connectivity index (χ4v) is 5.32. The molecule has 1 unspecified atom stereocenters. The van der Waals surface area contributed by atoms with Crippen LogP contribution in [0, 0.1) is 0 Å². The molecule has 0 radical (unpaired) electrons. The highest BCUT2D eigenvalue weighted by atomic mass is 28.4. The molecule has 0 saturated carbocycles. The molecule has 5 atom stereocenters. The van der Waals surface area contributed by atoms with Crippen LogP contribution in [-0.2, 0) is 13.9 Å². The number of aliphatic hydroxyl groups excluding tert-OH is 2. The van der Waals surface area contributed by atoms with E-state index in [1.54, 1.807) is 6.92 Å². The van der Waals surface area contributed by atoms with Crippen LogP contribution < -0.4 is 0 Å². The van der Waals surface area contributed by atoms with Crippen LogP contribution in [0.15, 0.2) is 12.7 Å². The Morgan fingerprint density at radius 1 is 1.12 bits per heavy atom. The van der Waals surface area contributed by atoms with E-state index in [-0.39, 0.29) is 17.2 Å². The highest BCUT2D eigenvalue weighted by Gasteiger charge is 2.40. The summed E-state index contributed by atoms with van der Waals surface area (Å²) in [7, 11) is -1.93. The molecular formula is C26H52O6Si. The van der Waals surface area contributed by atoms with Crippen LogP contribution in [0.2, 0.25) is 18.1 Å². The molecule has 0 aromatic carbocycles. The molecule has 0 aromatic rings. The lowest BCUT2D eigenvalue weighted by molar-refractivity contribution is -0.139. The lowest BCUT2D eigenvalue weighted by Crippen LogP contribution is -2.45. The van der Waals surface area contributed by atoms with Crippen LogP contribution in [0.25, 0.3) is 0 Å². The molecule has 1 fully saturated rings. The lowest BCUT2D eigenvalue weighted by atomic mass is 9.88. The van der Waals surface area contributed by atoms with Crippen LogP contribution in [0.4, 0.5) is 0 Å². The molecule has 33 heavy (non-hydrogen) atoms. The lowest BCUT2D eigenvalue weighted by Gasteiger charge is -2.40. The molecule has 0 bridgehead atoms. The maximum Gasteiger partial charge on any atom is 0.192 e. The van der Waals surface area contributed by atoms with Crippen molar-refractivity contribution in [3.63, 3.8) is 0 Å². The van der Waals surface area contributed by atoms with Gasteiger partial charge in [0, 0.05) is 6.10 Å². The van der Waals surface area contributed by atoms with Crippen LogP contribution in [0.3, 0.4) is 0 Å². The van der Waals surface area contributed by atoms with E-state index in [2.05, 4.69) is 40.4 Å². The first kappa shape index (κ1) is 30.7. The van der Waals surface area contributed by atoms with E-state index in [0.717, 1.165) is 19.3 Å². The predicted molar refractivity (Wildman–Crippen MR) is 137 cm³/mol. The minimum atomic E-state index is -1.93. The van der Waals surface area contributed by atoms with Gasteiger partial charge in [-0.2, -0.15) is 0 Å². The van der Waals surface area contributed by atoms with Gasteiger partial charge < -0.3 is 29.2 Å². The quantitative estimate of drug-likeness (QED) is 0.214. The second-order valence-corrected chi connectivity index (χ2v) is 16.8. The normalized spacial score (nSPS) is 23.7. The van der Waals surface area contributed by atoms with E-state index in [1.807, 2.05) is 19.9 Å². The molecule has 0 spiro atoms. The van der Waals surface area contributed by atoms with Gasteiger partial charge in [-0.15, -0.1) is 6.58 Å². The number of hydrogen-bond acceptors (Lipinski definition) is 6. The summed E-state index contributed by atoms with van der Waals surface area (Å²) < 4.78 is 17.9. The maximum absolute atomic E-state index is 10.9. The summed E-state index contributed by atoms with van der Waals surface area (Å²) in [6.45, 7) is 21.0. The average Bonchev–Trinajstić information content (AvgIpc) is 3.02. The highest BCUT2D eigenvalue weighted by molar-refractivity contribution is 6.74. The molecule has 3 N–H and O–H groups in total. The Hall–Kier alpha value is -0.283. The van der Waals surface area contributed by atoms with Crippen molar-refractivity contribution in [2.75, 3.05) is 6.61 Å². The molecule has 6 nitrogen and oxygen atoms in total. The molecule has 1 heterocycles. The minimum absolute atomic E-state index is 0.0144. The molecular weight excluding hydrogens is 436 g/mol. The number of ether oxygens (including phenoxy) is 2. The van der Waals surface area contributed by atoms with Crippen LogP contribution >= 0.6 is 0 Å². The summed E-state index contributed by atoms with van der Waals surface area (Å²) in [6.07, 6.45) is 5.52. The number of rotatable bonds is 15. The molecule has 0 aromatic heterocycles. The Kier molecular flexibility index (Phi) is 11.7. The number of aliphatic hydroxyl groups is 3. The van der Waals surface area contributed by atoms with E-state index in [9.17, 15) is 15.3 Å². The average molecular weight is 489 g/mol. The Morgan fingerprint density at radius 2 is 1.76 bits per heavy atom. The van der Waals surface area contributed by atoms with Gasteiger partial charge in [0.05, 0.1) is 30.5 Å². The monoisotopic (exact) mass is 488 g/mol. The Balaban J connectivity index is 2.42. The van der Waals surface area contributed by atoms with Gasteiger partial charge in [-0.05, 0) is 90.3 Å². The van der Waals surface area contributed by atoms with Crippen molar-refractivity contribution in [1.29, 1.82) is 0 Å². The maximum atomic E-state index is 10.9. The fourth-order valence-electron chi connectivity index (χ4n) is 3.92. The third-order valence-corrected chi connectivity index (χ3v) is 11.8. The van der Waals surface area contributed by atoms with E-state index in [0.29, 0.717) is 38.7 Å². The Morgan fingerprint density at radius 3 is 2.27 bits per heavy atom. The summed E-state index contributed by atoms with van der Waals surface area (Å²) in [4.78, 5) is 0. The van der Waals surface area contributed by atoms with Crippen LogP contribution in [0.5, 0.6) is 0 Å². The van der Waals surface area contributed by atoms with Crippen LogP contribution in [0.1, 0.15) is 92.9 Å². The van der Waals surface area contributed by atoms with Crippen molar-refractivity contribution in [1.82, 2.24) is 0 Å². The van der Waals surface area contributed by atoms with E-state index >= 15 is 0 Å². The van der Waals surface area contributed by atoms with E-state index in [4.69, 9.17) is 13.9 Å². The Bertz CT molecular complexity index is 584. The molecule has 1 aliphatic heterocycles. The minimum Gasteiger partial charge on any atom is -0.414 e. The molecule has 196 valence electrons. The summed E-state index contributed by atoms with van der Waals surface area (Å²) in [6, 6.07) is 0. The van der Waals surface area contributed by atoms with Gasteiger partial charge in [-0.1, -0.05) is 26.8 Å². The topological polar surface area (TPSA) is 88.4 Å². The first-order chi connectivity index (χ1) is 15.0. The Labute approximate surface area is 203 Å². The molecule has 1 saturated heterocycles. The van der Waals surface area contributed by atoms with Crippen molar-refractivity contribution in [2.45, 2.75) is 147 Å². The third-order valence-electron chi connectivity index (χ3n) is 7.29. The molecule has 1 rings (SSSR count). The van der Waals surface area contributed by atoms with Gasteiger partial charge in [0.15, 0.2) is 14.1 Å². The molecule has 0 aliphatic carbocycles. The SMILES string of the molecule is C=CC[C@@H](CC[C@](C)(O)[C@@H](O)CCC(O)CCC[C@H]1COC(C)(C)O1)O[Si](C)(C)C(C)(C)C. The summed E-state index contributed by atoms with van der Waals surface area (Å²) >= 11 is 0. The number of hydrogen-bond donors (Lipinski definition) is 3. The van der Waals surface area contributed by atoms with Gasteiger partial charge in [-0.25, -0.2) is 0 Å². The summed E-state index contributed by atoms with van der Waals surface area (Å²) in [5, 5.41) is 32.0. The van der Waals surface area contributed by atoms with Gasteiger partial charge in [0.25, 0.3) is 0 Å². The zero-order valence-corrected chi connectivity index (χ0v) is 23.5. The predicted octanol–water partition coefficient (Wildman–Crippen LogP) is 5.31. The fraction of sp³-hybridized carbons (Fsp3) is 0.923. The van der Waals surface area contributed by atoms with Crippen LogP contribution in [-0.4, -0.2) is 66.0 Å².